The van der Waals surface area contributed by atoms with Crippen LogP contribution in [0, 0.1) is 11.7 Å². The Morgan fingerprint density at radius 2 is 2.06 bits per heavy atom. The van der Waals surface area contributed by atoms with Crippen LogP contribution in [0.5, 0.6) is 0 Å². The van der Waals surface area contributed by atoms with Crippen molar-refractivity contribution in [2.45, 2.75) is 19.8 Å². The summed E-state index contributed by atoms with van der Waals surface area (Å²) >= 11 is 9.08. The summed E-state index contributed by atoms with van der Waals surface area (Å²) in [6.45, 7) is 4.97. The summed E-state index contributed by atoms with van der Waals surface area (Å²) in [5, 5.41) is 3.27. The molecule has 0 heterocycles. The lowest BCUT2D eigenvalue weighted by Gasteiger charge is -2.21. The average molecular weight is 309 g/mol. The van der Waals surface area contributed by atoms with E-state index in [1.807, 2.05) is 14.0 Å². The van der Waals surface area contributed by atoms with Gasteiger partial charge in [-0.15, -0.1) is 0 Å². The van der Waals surface area contributed by atoms with Crippen LogP contribution >= 0.6 is 27.5 Å². The van der Waals surface area contributed by atoms with E-state index in [2.05, 4.69) is 28.2 Å². The zero-order valence-corrected chi connectivity index (χ0v) is 12.0. The normalized spacial score (nSPS) is 14.9. The highest BCUT2D eigenvalue weighted by atomic mass is 79.9. The van der Waals surface area contributed by atoms with Crippen LogP contribution < -0.4 is 5.32 Å². The second kappa shape index (κ2) is 5.99. The van der Waals surface area contributed by atoms with Crippen molar-refractivity contribution in [3.05, 3.63) is 33.0 Å². The predicted octanol–water partition coefficient (Wildman–Crippen LogP) is 4.20. The van der Waals surface area contributed by atoms with Gasteiger partial charge in [0, 0.05) is 4.47 Å². The summed E-state index contributed by atoms with van der Waals surface area (Å²) in [7, 11) is 1.90. The number of halogens is 3. The Morgan fingerprint density at radius 1 is 1.44 bits per heavy atom. The van der Waals surface area contributed by atoms with Crippen LogP contribution in [0.25, 0.3) is 0 Å². The molecule has 0 aliphatic heterocycles. The second-order valence-corrected chi connectivity index (χ2v) is 5.32. The molecule has 0 fully saturated rings. The summed E-state index contributed by atoms with van der Waals surface area (Å²) < 4.78 is 14.5. The fraction of sp³-hybridized carbons (Fsp3) is 0.500. The van der Waals surface area contributed by atoms with Crippen LogP contribution in [0.15, 0.2) is 16.6 Å². The molecule has 16 heavy (non-hydrogen) atoms. The highest BCUT2D eigenvalue weighted by Crippen LogP contribution is 2.33. The number of benzene rings is 1. The van der Waals surface area contributed by atoms with Gasteiger partial charge in [0.25, 0.3) is 0 Å². The van der Waals surface area contributed by atoms with E-state index < -0.39 is 0 Å². The van der Waals surface area contributed by atoms with Gasteiger partial charge in [-0.2, -0.15) is 0 Å². The number of hydrogen-bond donors (Lipinski definition) is 1. The van der Waals surface area contributed by atoms with Crippen molar-refractivity contribution in [2.75, 3.05) is 13.6 Å². The standard InChI is InChI=1S/C12H16BrClFN/c1-7(6-16-3)8(2)9-4-5-10(13)11(14)12(9)15/h4-5,7-8,16H,6H2,1-3H3. The summed E-state index contributed by atoms with van der Waals surface area (Å²) in [5.74, 6) is 0.182. The average Bonchev–Trinajstić information content (AvgIpc) is 2.26. The van der Waals surface area contributed by atoms with Crippen molar-refractivity contribution < 1.29 is 4.39 Å². The van der Waals surface area contributed by atoms with Crippen molar-refractivity contribution in [2.24, 2.45) is 5.92 Å². The molecule has 1 N–H and O–H groups in total. The molecule has 0 aliphatic rings. The molecule has 0 saturated heterocycles. The van der Waals surface area contributed by atoms with Crippen LogP contribution in [0.2, 0.25) is 5.02 Å². The highest BCUT2D eigenvalue weighted by Gasteiger charge is 2.19. The van der Waals surface area contributed by atoms with E-state index >= 15 is 0 Å². The number of nitrogens with one attached hydrogen (secondary N) is 1. The van der Waals surface area contributed by atoms with E-state index in [9.17, 15) is 4.39 Å². The van der Waals surface area contributed by atoms with E-state index in [4.69, 9.17) is 11.6 Å². The molecule has 0 saturated carbocycles. The summed E-state index contributed by atoms with van der Waals surface area (Å²) in [6.07, 6.45) is 0. The maximum atomic E-state index is 13.9. The minimum absolute atomic E-state index is 0.137. The van der Waals surface area contributed by atoms with Gasteiger partial charge in [-0.1, -0.05) is 31.5 Å². The highest BCUT2D eigenvalue weighted by molar-refractivity contribution is 9.10. The molecule has 1 aromatic rings. The lowest BCUT2D eigenvalue weighted by atomic mass is 9.88. The Bertz CT molecular complexity index is 370. The van der Waals surface area contributed by atoms with Gasteiger partial charge >= 0.3 is 0 Å². The molecule has 0 radical (unpaired) electrons. The van der Waals surface area contributed by atoms with Gasteiger partial charge < -0.3 is 5.32 Å². The molecule has 1 aromatic carbocycles. The molecule has 1 rings (SSSR count). The molecule has 0 spiro atoms. The van der Waals surface area contributed by atoms with E-state index in [1.54, 1.807) is 12.1 Å². The van der Waals surface area contributed by atoms with E-state index in [0.717, 1.165) is 6.54 Å². The minimum Gasteiger partial charge on any atom is -0.319 e. The Kier molecular flexibility index (Phi) is 5.22. The Balaban J connectivity index is 3.00. The zero-order valence-electron chi connectivity index (χ0n) is 9.65. The third kappa shape index (κ3) is 2.96. The van der Waals surface area contributed by atoms with E-state index in [1.165, 1.54) is 0 Å². The smallest absolute Gasteiger partial charge is 0.146 e. The molecule has 2 atom stereocenters. The molecule has 0 amide bonds. The quantitative estimate of drug-likeness (QED) is 0.822. The van der Waals surface area contributed by atoms with Crippen molar-refractivity contribution in [1.29, 1.82) is 0 Å². The molecular formula is C12H16BrClFN. The predicted molar refractivity (Wildman–Crippen MR) is 70.6 cm³/mol. The fourth-order valence-corrected chi connectivity index (χ4v) is 2.18. The first-order chi connectivity index (χ1) is 7.49. The number of rotatable bonds is 4. The summed E-state index contributed by atoms with van der Waals surface area (Å²) in [6, 6.07) is 3.59. The molecule has 1 nitrogen and oxygen atoms in total. The van der Waals surface area contributed by atoms with E-state index in [-0.39, 0.29) is 16.8 Å². The minimum atomic E-state index is -0.313. The van der Waals surface area contributed by atoms with Crippen molar-refractivity contribution in [1.82, 2.24) is 5.32 Å². The molecule has 4 heteroatoms. The first kappa shape index (κ1) is 13.9. The van der Waals surface area contributed by atoms with Crippen LogP contribution in [-0.4, -0.2) is 13.6 Å². The molecule has 90 valence electrons. The lowest BCUT2D eigenvalue weighted by molar-refractivity contribution is 0.449. The van der Waals surface area contributed by atoms with Crippen molar-refractivity contribution >= 4 is 27.5 Å². The third-order valence-corrected chi connectivity index (χ3v) is 4.19. The molecule has 2 unspecified atom stereocenters. The van der Waals surface area contributed by atoms with Crippen LogP contribution in [-0.2, 0) is 0 Å². The lowest BCUT2D eigenvalue weighted by Crippen LogP contribution is -2.21. The fourth-order valence-electron chi connectivity index (χ4n) is 1.70. The Hall–Kier alpha value is -0.120. The summed E-state index contributed by atoms with van der Waals surface area (Å²) in [5.41, 5.74) is 0.677. The second-order valence-electron chi connectivity index (χ2n) is 4.09. The first-order valence-corrected chi connectivity index (χ1v) is 6.44. The van der Waals surface area contributed by atoms with Gasteiger partial charge in [0.05, 0.1) is 5.02 Å². The van der Waals surface area contributed by atoms with Crippen molar-refractivity contribution in [3.63, 3.8) is 0 Å². The van der Waals surface area contributed by atoms with Gasteiger partial charge in [0.1, 0.15) is 5.82 Å². The van der Waals surface area contributed by atoms with Gasteiger partial charge in [-0.3, -0.25) is 0 Å². The van der Waals surface area contributed by atoms with Crippen LogP contribution in [0.4, 0.5) is 4.39 Å². The van der Waals surface area contributed by atoms with Gasteiger partial charge in [0.15, 0.2) is 0 Å². The van der Waals surface area contributed by atoms with E-state index in [0.29, 0.717) is 16.0 Å². The summed E-state index contributed by atoms with van der Waals surface area (Å²) in [4.78, 5) is 0. The topological polar surface area (TPSA) is 12.0 Å². The van der Waals surface area contributed by atoms with Crippen LogP contribution in [0.3, 0.4) is 0 Å². The van der Waals surface area contributed by atoms with Crippen molar-refractivity contribution in [3.8, 4) is 0 Å². The van der Waals surface area contributed by atoms with Crippen LogP contribution in [0.1, 0.15) is 25.3 Å². The maximum absolute atomic E-state index is 13.9. The van der Waals surface area contributed by atoms with Gasteiger partial charge in [-0.25, -0.2) is 4.39 Å². The monoisotopic (exact) mass is 307 g/mol. The third-order valence-electron chi connectivity index (χ3n) is 2.94. The first-order valence-electron chi connectivity index (χ1n) is 5.27. The molecule has 0 aliphatic carbocycles. The zero-order chi connectivity index (χ0) is 12.3. The largest absolute Gasteiger partial charge is 0.319 e. The molecule has 0 aromatic heterocycles. The maximum Gasteiger partial charge on any atom is 0.146 e. The van der Waals surface area contributed by atoms with Gasteiger partial charge in [0.2, 0.25) is 0 Å². The Morgan fingerprint density at radius 3 is 2.62 bits per heavy atom. The molecular weight excluding hydrogens is 292 g/mol. The SMILES string of the molecule is CNCC(C)C(C)c1ccc(Br)c(Cl)c1F. The Labute approximate surface area is 110 Å². The molecule has 0 bridgehead atoms. The van der Waals surface area contributed by atoms with Gasteiger partial charge in [-0.05, 0) is 53.0 Å². The number of hydrogen-bond acceptors (Lipinski definition) is 1.